The van der Waals surface area contributed by atoms with Crippen molar-refractivity contribution in [1.82, 2.24) is 4.57 Å². The summed E-state index contributed by atoms with van der Waals surface area (Å²) in [5.41, 5.74) is 3.00. The number of aromatic nitrogens is 1. The van der Waals surface area contributed by atoms with Crippen molar-refractivity contribution in [2.45, 2.75) is 46.4 Å². The molecule has 1 atom stereocenters. The Labute approximate surface area is 292 Å². The zero-order chi connectivity index (χ0) is 32.2. The van der Waals surface area contributed by atoms with E-state index in [2.05, 4.69) is 45.2 Å². The van der Waals surface area contributed by atoms with E-state index in [1.54, 1.807) is 37.7 Å². The first kappa shape index (κ1) is 33.2. The van der Waals surface area contributed by atoms with Crippen LogP contribution in [0.2, 0.25) is 0 Å². The van der Waals surface area contributed by atoms with Crippen LogP contribution >= 0.6 is 56.5 Å². The maximum atomic E-state index is 14.3. The van der Waals surface area contributed by atoms with Gasteiger partial charge in [-0.05, 0) is 114 Å². The first-order valence-corrected chi connectivity index (χ1v) is 17.3. The summed E-state index contributed by atoms with van der Waals surface area (Å²) in [6, 6.07) is 18.6. The number of nitrogens with zero attached hydrogens (tertiary/aromatic N) is 2. The smallest absolute Gasteiger partial charge is 0.338 e. The third-order valence-corrected chi connectivity index (χ3v) is 9.34. The summed E-state index contributed by atoms with van der Waals surface area (Å²) < 4.78 is 27.3. The van der Waals surface area contributed by atoms with Gasteiger partial charge >= 0.3 is 5.97 Å². The molecule has 0 saturated carbocycles. The molecule has 0 amide bonds. The number of hydrogen-bond donors (Lipinski definition) is 0. The number of ether oxygens (including phenoxy) is 4. The molecule has 4 aromatic rings. The number of fused-ring (bicyclic) bond motifs is 1. The van der Waals surface area contributed by atoms with Gasteiger partial charge in [0, 0.05) is 9.13 Å². The van der Waals surface area contributed by atoms with Crippen LogP contribution < -0.4 is 29.1 Å². The van der Waals surface area contributed by atoms with E-state index in [0.29, 0.717) is 50.0 Å². The highest BCUT2D eigenvalue weighted by Gasteiger charge is 2.34. The Morgan fingerprint density at radius 2 is 1.84 bits per heavy atom. The number of esters is 1. The molecule has 0 N–H and O–H groups in total. The number of halogens is 2. The van der Waals surface area contributed by atoms with Crippen LogP contribution in [0.4, 0.5) is 0 Å². The van der Waals surface area contributed by atoms with Gasteiger partial charge in [0.1, 0.15) is 12.4 Å². The molecule has 0 radical (unpaired) electrons. The first-order valence-electron chi connectivity index (χ1n) is 14.3. The Morgan fingerprint density at radius 1 is 1.09 bits per heavy atom. The van der Waals surface area contributed by atoms with Crippen LogP contribution in [0, 0.1) is 7.14 Å². The number of hydrogen-bond acceptors (Lipinski definition) is 8. The molecule has 1 aliphatic rings. The van der Waals surface area contributed by atoms with Crippen LogP contribution in [0.3, 0.4) is 0 Å². The Morgan fingerprint density at radius 3 is 2.53 bits per heavy atom. The van der Waals surface area contributed by atoms with Crippen LogP contribution in [-0.2, 0) is 16.1 Å². The molecule has 1 aromatic heterocycles. The fourth-order valence-corrected chi connectivity index (χ4v) is 8.11. The Kier molecular flexibility index (Phi) is 10.7. The van der Waals surface area contributed by atoms with Crippen LogP contribution in [-0.4, -0.2) is 30.4 Å². The third-order valence-electron chi connectivity index (χ3n) is 6.93. The average Bonchev–Trinajstić information content (AvgIpc) is 3.30. The van der Waals surface area contributed by atoms with Gasteiger partial charge in [0.05, 0.1) is 45.2 Å². The molecule has 0 fully saturated rings. The maximum Gasteiger partial charge on any atom is 0.338 e. The van der Waals surface area contributed by atoms with E-state index in [4.69, 9.17) is 23.9 Å². The number of allylic oxidation sites excluding steroid dienone is 1. The number of methoxy groups -OCH3 is 1. The average molecular weight is 851 g/mol. The summed E-state index contributed by atoms with van der Waals surface area (Å²) in [6.45, 7) is 7.96. The molecule has 234 valence electrons. The SMILES string of the molecule is CCOC(=O)C1=C(C)N=c2s/c(=C/c3cc(I)cc(I)c3OCc3ccccc3)c(=O)n2[C@@H]1c1ccc(OC(C)C)c(OC)c1. The maximum absolute atomic E-state index is 14.3. The number of carbonyl (C=O) groups excluding carboxylic acids is 1. The fraction of sp³-hybridized carbons (Fsp3) is 0.265. The van der Waals surface area contributed by atoms with E-state index < -0.39 is 12.0 Å². The van der Waals surface area contributed by atoms with Crippen molar-refractivity contribution in [2.75, 3.05) is 13.7 Å². The predicted molar refractivity (Wildman–Crippen MR) is 192 cm³/mol. The van der Waals surface area contributed by atoms with E-state index in [0.717, 1.165) is 18.3 Å². The van der Waals surface area contributed by atoms with Gasteiger partial charge in [0.15, 0.2) is 16.3 Å². The number of thiazole rings is 1. The summed E-state index contributed by atoms with van der Waals surface area (Å²) >= 11 is 5.79. The standard InChI is InChI=1S/C34H32I2N2O6S/c1-6-42-33(40)29-20(4)37-34-38(30(29)22-12-13-26(44-19(2)3)27(15-22)41-5)32(39)28(45-34)16-23-14-24(35)17-25(36)31(23)43-18-21-10-8-7-9-11-21/h7-17,19,30H,6,18H2,1-5H3/b28-16+/t30-/m1/s1. The first-order chi connectivity index (χ1) is 21.6. The highest BCUT2D eigenvalue weighted by atomic mass is 127. The highest BCUT2D eigenvalue weighted by Crippen LogP contribution is 2.37. The van der Waals surface area contributed by atoms with Crippen molar-refractivity contribution < 1.29 is 23.7 Å². The Hall–Kier alpha value is -3.17. The van der Waals surface area contributed by atoms with Gasteiger partial charge in [-0.1, -0.05) is 47.7 Å². The molecule has 11 heteroatoms. The number of rotatable bonds is 10. The lowest BCUT2D eigenvalue weighted by Crippen LogP contribution is -2.40. The van der Waals surface area contributed by atoms with Crippen LogP contribution in [0.1, 0.15) is 50.4 Å². The summed E-state index contributed by atoms with van der Waals surface area (Å²) in [4.78, 5) is 32.8. The molecule has 0 aliphatic carbocycles. The molecule has 0 spiro atoms. The van der Waals surface area contributed by atoms with Crippen LogP contribution in [0.5, 0.6) is 17.2 Å². The lowest BCUT2D eigenvalue weighted by atomic mass is 9.95. The van der Waals surface area contributed by atoms with Crippen molar-refractivity contribution in [3.8, 4) is 17.2 Å². The highest BCUT2D eigenvalue weighted by molar-refractivity contribution is 14.1. The molecule has 2 heterocycles. The van der Waals surface area contributed by atoms with Crippen LogP contribution in [0.15, 0.2) is 81.7 Å². The third kappa shape index (κ3) is 7.30. The quantitative estimate of drug-likeness (QED) is 0.136. The van der Waals surface area contributed by atoms with E-state index >= 15 is 0 Å². The summed E-state index contributed by atoms with van der Waals surface area (Å²) in [7, 11) is 1.56. The minimum Gasteiger partial charge on any atom is -0.493 e. The van der Waals surface area contributed by atoms with Gasteiger partial charge in [-0.2, -0.15) is 0 Å². The zero-order valence-electron chi connectivity index (χ0n) is 25.4. The zero-order valence-corrected chi connectivity index (χ0v) is 30.6. The molecule has 45 heavy (non-hydrogen) atoms. The molecule has 0 saturated heterocycles. The van der Waals surface area contributed by atoms with Crippen molar-refractivity contribution in [2.24, 2.45) is 4.99 Å². The van der Waals surface area contributed by atoms with Crippen molar-refractivity contribution in [3.05, 3.63) is 115 Å². The number of benzene rings is 3. The van der Waals surface area contributed by atoms with Crippen molar-refractivity contribution >= 4 is 68.6 Å². The Balaban J connectivity index is 1.67. The van der Waals surface area contributed by atoms with Crippen molar-refractivity contribution in [3.63, 3.8) is 0 Å². The molecular formula is C34H32I2N2O6S. The van der Waals surface area contributed by atoms with Gasteiger partial charge in [-0.15, -0.1) is 0 Å². The summed E-state index contributed by atoms with van der Waals surface area (Å²) in [5.74, 6) is 1.23. The number of carbonyl (C=O) groups is 1. The van der Waals surface area contributed by atoms with E-state index in [1.165, 1.54) is 11.3 Å². The van der Waals surface area contributed by atoms with Gasteiger partial charge < -0.3 is 18.9 Å². The predicted octanol–water partition coefficient (Wildman–Crippen LogP) is 6.38. The van der Waals surface area contributed by atoms with Gasteiger partial charge in [0.2, 0.25) is 0 Å². The molecule has 0 unspecified atom stereocenters. The second kappa shape index (κ2) is 14.5. The second-order valence-electron chi connectivity index (χ2n) is 10.5. The second-order valence-corrected chi connectivity index (χ2v) is 13.9. The minimum absolute atomic E-state index is 0.0645. The van der Waals surface area contributed by atoms with Gasteiger partial charge in [-0.25, -0.2) is 9.79 Å². The molecule has 3 aromatic carbocycles. The molecule has 5 rings (SSSR count). The van der Waals surface area contributed by atoms with Crippen molar-refractivity contribution in [1.29, 1.82) is 0 Å². The van der Waals surface area contributed by atoms with E-state index in [9.17, 15) is 9.59 Å². The molecule has 1 aliphatic heterocycles. The summed E-state index contributed by atoms with van der Waals surface area (Å²) in [5, 5.41) is 0. The monoisotopic (exact) mass is 850 g/mol. The fourth-order valence-electron chi connectivity index (χ4n) is 5.02. The molecule has 8 nitrogen and oxygen atoms in total. The Bertz CT molecular complexity index is 1950. The lowest BCUT2D eigenvalue weighted by molar-refractivity contribution is -0.139. The summed E-state index contributed by atoms with van der Waals surface area (Å²) in [6.07, 6.45) is 1.78. The van der Waals surface area contributed by atoms with Gasteiger partial charge in [0.25, 0.3) is 5.56 Å². The van der Waals surface area contributed by atoms with Gasteiger partial charge in [-0.3, -0.25) is 9.36 Å². The minimum atomic E-state index is -0.783. The normalized spacial score (nSPS) is 14.7. The van der Waals surface area contributed by atoms with Crippen LogP contribution in [0.25, 0.3) is 6.08 Å². The molecule has 0 bridgehead atoms. The van der Waals surface area contributed by atoms with E-state index in [1.807, 2.05) is 68.5 Å². The van der Waals surface area contributed by atoms with E-state index in [-0.39, 0.29) is 18.3 Å². The molecular weight excluding hydrogens is 818 g/mol. The topological polar surface area (TPSA) is 88.4 Å². The lowest BCUT2D eigenvalue weighted by Gasteiger charge is -2.25. The largest absolute Gasteiger partial charge is 0.493 e.